The Balaban J connectivity index is 0.000000194. The van der Waals surface area contributed by atoms with Crippen LogP contribution in [0.5, 0.6) is 17.2 Å². The summed E-state index contributed by atoms with van der Waals surface area (Å²) in [6.45, 7) is 18.1. The van der Waals surface area contributed by atoms with Gasteiger partial charge in [-0.15, -0.1) is 5.73 Å². The topological polar surface area (TPSA) is 144 Å². The highest BCUT2D eigenvalue weighted by atomic mass is 32.1. The minimum absolute atomic E-state index is 0.207. The van der Waals surface area contributed by atoms with E-state index in [-0.39, 0.29) is 19.0 Å². The molecule has 85 heavy (non-hydrogen) atoms. The normalized spacial score (nSPS) is 13.6. The molecule has 0 aliphatic carbocycles. The molecule has 0 bridgehead atoms. The number of nitrogens with zero attached hydrogens (tertiary/aromatic N) is 4. The Morgan fingerprint density at radius 1 is 0.635 bits per heavy atom. The quantitative estimate of drug-likeness (QED) is 0.0166. The van der Waals surface area contributed by atoms with E-state index in [1.807, 2.05) is 150 Å². The first-order valence-electron chi connectivity index (χ1n) is 28.1. The highest BCUT2D eigenvalue weighted by Gasteiger charge is 2.49. The van der Waals surface area contributed by atoms with Gasteiger partial charge in [-0.25, -0.2) is 4.79 Å². The van der Waals surface area contributed by atoms with Gasteiger partial charge in [0.25, 0.3) is 7.44 Å². The molecule has 444 valence electrons. The fourth-order valence-electron chi connectivity index (χ4n) is 9.62. The van der Waals surface area contributed by atoms with Gasteiger partial charge in [0.05, 0.1) is 52.6 Å². The number of methoxy groups -OCH3 is 3. The van der Waals surface area contributed by atoms with E-state index in [1.165, 1.54) is 11.4 Å². The third-order valence-electron chi connectivity index (χ3n) is 13.6. The third-order valence-corrected chi connectivity index (χ3v) is 19.2. The molecule has 0 amide bonds. The number of carbonyl (C=O) groups is 2. The molecule has 1 atom stereocenters. The van der Waals surface area contributed by atoms with Crippen LogP contribution in [-0.2, 0) is 41.0 Å². The SMILES string of the molecule is C=C(C(Cc1cc(OC)cc(OC)c1)C(=O)OCC)P1(=O)N(c2ccccc2)CCN1c1ccccc1.C=C=C(Cc1cc(C)cc(OC)c1)C(=O)OCC.S=C(NCCOP1N(c2ccccc2)CCN1c1ccccc1)Nc1ccccc1. The zero-order valence-electron chi connectivity index (χ0n) is 49.2. The first-order valence-corrected chi connectivity index (χ1v) is 31.2. The highest BCUT2D eigenvalue weighted by Crippen LogP contribution is 2.67. The molecular formula is C67H76N6O9P2S. The van der Waals surface area contributed by atoms with Crippen molar-refractivity contribution in [1.82, 2.24) is 5.32 Å². The van der Waals surface area contributed by atoms with Crippen LogP contribution < -0.4 is 43.5 Å². The number of ether oxygens (including phenoxy) is 5. The Morgan fingerprint density at radius 3 is 1.56 bits per heavy atom. The Labute approximate surface area is 507 Å². The Hall–Kier alpha value is -8.35. The summed E-state index contributed by atoms with van der Waals surface area (Å²) in [5.41, 5.74) is 10.9. The van der Waals surface area contributed by atoms with Gasteiger partial charge < -0.3 is 57.5 Å². The molecule has 2 heterocycles. The van der Waals surface area contributed by atoms with Crippen LogP contribution in [0.4, 0.5) is 28.4 Å². The number of esters is 2. The van der Waals surface area contributed by atoms with Crippen LogP contribution in [0.2, 0.25) is 0 Å². The number of benzene rings is 7. The molecule has 7 aromatic rings. The van der Waals surface area contributed by atoms with Crippen molar-refractivity contribution in [3.63, 3.8) is 0 Å². The van der Waals surface area contributed by atoms with Crippen LogP contribution in [0.25, 0.3) is 0 Å². The maximum atomic E-state index is 15.3. The minimum atomic E-state index is -3.52. The van der Waals surface area contributed by atoms with Gasteiger partial charge in [0, 0.05) is 79.0 Å². The van der Waals surface area contributed by atoms with Gasteiger partial charge in [0.1, 0.15) is 17.2 Å². The molecule has 0 radical (unpaired) electrons. The van der Waals surface area contributed by atoms with Crippen molar-refractivity contribution in [3.8, 4) is 17.2 Å². The second-order valence-electron chi connectivity index (χ2n) is 19.3. The summed E-state index contributed by atoms with van der Waals surface area (Å²) in [4.78, 5) is 25.0. The number of thiocarbonyl (C=S) groups is 1. The average Bonchev–Trinajstić information content (AvgIpc) is 1.81. The van der Waals surface area contributed by atoms with Crippen LogP contribution in [-0.4, -0.2) is 90.9 Å². The van der Waals surface area contributed by atoms with Gasteiger partial charge in [-0.3, -0.25) is 9.36 Å². The van der Waals surface area contributed by atoms with Gasteiger partial charge >= 0.3 is 11.9 Å². The van der Waals surface area contributed by atoms with E-state index >= 15 is 4.57 Å². The molecule has 18 heteroatoms. The van der Waals surface area contributed by atoms with Crippen LogP contribution >= 0.6 is 28.1 Å². The molecule has 0 spiro atoms. The van der Waals surface area contributed by atoms with Crippen molar-refractivity contribution in [1.29, 1.82) is 0 Å². The first kappa shape index (κ1) is 64.2. The van der Waals surface area contributed by atoms with Gasteiger partial charge in [0.15, 0.2) is 5.11 Å². The van der Waals surface area contributed by atoms with Crippen LogP contribution in [0, 0.1) is 12.8 Å². The van der Waals surface area contributed by atoms with Gasteiger partial charge in [-0.2, -0.15) is 0 Å². The molecule has 2 fully saturated rings. The Morgan fingerprint density at radius 2 is 1.09 bits per heavy atom. The summed E-state index contributed by atoms with van der Waals surface area (Å²) in [5, 5.41) is 7.35. The predicted molar refractivity (Wildman–Crippen MR) is 350 cm³/mol. The number of rotatable bonds is 22. The Bertz CT molecular complexity index is 3260. The van der Waals surface area contributed by atoms with Crippen molar-refractivity contribution in [3.05, 3.63) is 235 Å². The van der Waals surface area contributed by atoms with Crippen molar-refractivity contribution in [2.75, 3.05) is 97.9 Å². The maximum absolute atomic E-state index is 15.3. The lowest BCUT2D eigenvalue weighted by Crippen LogP contribution is -2.31. The molecule has 2 saturated heterocycles. The summed E-state index contributed by atoms with van der Waals surface area (Å²) < 4.78 is 56.6. The molecule has 15 nitrogen and oxygen atoms in total. The molecular weight excluding hydrogens is 1130 g/mol. The number of hydrogen-bond acceptors (Lipinski definition) is 12. The zero-order chi connectivity index (χ0) is 60.6. The van der Waals surface area contributed by atoms with Crippen molar-refractivity contribution < 1.29 is 42.4 Å². The second-order valence-corrected chi connectivity index (χ2v) is 24.1. The predicted octanol–water partition coefficient (Wildman–Crippen LogP) is 14.2. The standard InChI is InChI=1S/C29H33N2O5P.C23H25N4OPS.C15H18O3/c1-5-36-29(32)28(20-23-18-26(34-3)21-27(19-23)35-4)22(2)37(33)30(24-12-8-6-9-13-24)16-17-31(37)25-14-10-7-11-15-25;30-23(25-20-10-4-1-5-11-20)24-16-19-28-29-26(21-12-6-2-7-13-21)17-18-27(29)22-14-8-3-9-15-22;1-5-13(15(16)18-6-2)9-12-7-11(3)8-14(10-12)17-4/h6-15,18-19,21,28H,2,5,16-17,20H2,1,3-4H3;1-15H,16-19H2,(H2,24,25,30);7-8,10H,1,6,9H2,2-4H3. The zero-order valence-corrected chi connectivity index (χ0v) is 51.8. The smallest absolute Gasteiger partial charge is 0.342 e. The lowest BCUT2D eigenvalue weighted by Gasteiger charge is -2.36. The summed E-state index contributed by atoms with van der Waals surface area (Å²) in [6.07, 6.45) is 0.681. The van der Waals surface area contributed by atoms with E-state index < -0.39 is 27.8 Å². The highest BCUT2D eigenvalue weighted by molar-refractivity contribution is 7.80. The monoisotopic (exact) mass is 1200 g/mol. The summed E-state index contributed by atoms with van der Waals surface area (Å²) >= 11 is 5.39. The van der Waals surface area contributed by atoms with E-state index in [2.05, 4.69) is 87.4 Å². The lowest BCUT2D eigenvalue weighted by molar-refractivity contribution is -0.146. The average molecular weight is 1200 g/mol. The van der Waals surface area contributed by atoms with E-state index in [1.54, 1.807) is 41.2 Å². The number of nitrogens with one attached hydrogen (secondary N) is 2. The number of aryl methyl sites for hydroxylation is 1. The largest absolute Gasteiger partial charge is 0.497 e. The van der Waals surface area contributed by atoms with Gasteiger partial charge in [-0.05, 0) is 141 Å². The van der Waals surface area contributed by atoms with Crippen molar-refractivity contribution >= 4 is 73.6 Å². The number of para-hydroxylation sites is 5. The second kappa shape index (κ2) is 32.6. The molecule has 7 aromatic carbocycles. The number of anilines is 5. The van der Waals surface area contributed by atoms with Crippen LogP contribution in [0.15, 0.2) is 218 Å². The van der Waals surface area contributed by atoms with Gasteiger partial charge in [-0.1, -0.05) is 110 Å². The summed E-state index contributed by atoms with van der Waals surface area (Å²) in [5.74, 6) is 0.305. The molecule has 1 unspecified atom stereocenters. The van der Waals surface area contributed by atoms with Crippen LogP contribution in [0.1, 0.15) is 30.5 Å². The summed E-state index contributed by atoms with van der Waals surface area (Å²) in [7, 11) is 0.306. The van der Waals surface area contributed by atoms with E-state index in [9.17, 15) is 9.59 Å². The fourth-order valence-corrected chi connectivity index (χ4v) is 14.9. The molecule has 2 N–H and O–H groups in total. The van der Waals surface area contributed by atoms with E-state index in [0.717, 1.165) is 52.6 Å². The van der Waals surface area contributed by atoms with Gasteiger partial charge in [0.2, 0.25) is 8.45 Å². The third kappa shape index (κ3) is 17.6. The van der Waals surface area contributed by atoms with Crippen molar-refractivity contribution in [2.24, 2.45) is 5.92 Å². The number of hydrogen-bond donors (Lipinski definition) is 2. The first-order chi connectivity index (χ1) is 41.3. The van der Waals surface area contributed by atoms with E-state index in [4.69, 9.17) is 40.4 Å². The van der Waals surface area contributed by atoms with Crippen molar-refractivity contribution in [2.45, 2.75) is 33.6 Å². The molecule has 9 rings (SSSR count). The minimum Gasteiger partial charge on any atom is -0.497 e. The molecule has 2 aliphatic heterocycles. The van der Waals surface area contributed by atoms with E-state index in [0.29, 0.717) is 66.8 Å². The van der Waals surface area contributed by atoms with Crippen LogP contribution in [0.3, 0.4) is 0 Å². The summed E-state index contributed by atoms with van der Waals surface area (Å²) in [6, 6.07) is 61.4. The molecule has 2 aliphatic rings. The molecule has 0 aromatic heterocycles. The maximum Gasteiger partial charge on any atom is 0.342 e. The fraction of sp³-hybridized carbons (Fsp3) is 0.254. The lowest BCUT2D eigenvalue weighted by atomic mass is 9.98. The number of carbonyl (C=O) groups excluding carboxylic acids is 2. The molecule has 0 saturated carbocycles. The Kier molecular flexibility index (Phi) is 24.7.